The van der Waals surface area contributed by atoms with E-state index in [1.807, 2.05) is 60.7 Å². The molecule has 15 nitrogen and oxygen atoms in total. The molecule has 0 radical (unpaired) electrons. The number of benzene rings is 4. The first-order chi connectivity index (χ1) is 31.3. The number of anilines is 1. The number of aromatic hydroxyl groups is 3. The van der Waals surface area contributed by atoms with Gasteiger partial charge in [0, 0.05) is 61.2 Å². The predicted molar refractivity (Wildman–Crippen MR) is 247 cm³/mol. The van der Waals surface area contributed by atoms with E-state index in [0.717, 1.165) is 17.3 Å². The number of ether oxygens (including phenoxy) is 4. The minimum absolute atomic E-state index is 0.0184. The van der Waals surface area contributed by atoms with Crippen LogP contribution in [0, 0.1) is 30.6 Å². The van der Waals surface area contributed by atoms with Gasteiger partial charge in [-0.25, -0.2) is 0 Å². The number of nitrogens with one attached hydrogen (secondary N) is 1. The normalized spacial score (nSPS) is 28.1. The molecule has 66 heavy (non-hydrogen) atoms. The van der Waals surface area contributed by atoms with E-state index in [4.69, 9.17) is 23.8 Å². The van der Waals surface area contributed by atoms with Crippen molar-refractivity contribution in [3.05, 3.63) is 125 Å². The fraction of sp³-hybridized carbons (Fsp3) is 0.373. The lowest BCUT2D eigenvalue weighted by atomic mass is 9.78. The summed E-state index contributed by atoms with van der Waals surface area (Å²) < 4.78 is 23.7. The van der Waals surface area contributed by atoms with Crippen molar-refractivity contribution in [2.75, 3.05) is 12.4 Å². The molecule has 5 bridgehead atoms. The molecule has 6 N–H and O–H groups in total. The van der Waals surface area contributed by atoms with Crippen LogP contribution in [0.4, 0.5) is 5.69 Å². The van der Waals surface area contributed by atoms with Crippen molar-refractivity contribution < 1.29 is 63.7 Å². The minimum Gasteiger partial charge on any atom is -0.507 e. The van der Waals surface area contributed by atoms with E-state index in [-0.39, 0.29) is 44.5 Å². The maximum absolute atomic E-state index is 14.6. The Kier molecular flexibility index (Phi) is 14.9. The van der Waals surface area contributed by atoms with E-state index < -0.39 is 94.9 Å². The van der Waals surface area contributed by atoms with Crippen molar-refractivity contribution in [2.45, 2.75) is 91.7 Å². The van der Waals surface area contributed by atoms with E-state index in [1.165, 1.54) is 53.2 Å². The molecule has 0 saturated carbocycles. The summed E-state index contributed by atoms with van der Waals surface area (Å²) in [6.45, 7) is 12.4. The second-order valence-corrected chi connectivity index (χ2v) is 17.2. The van der Waals surface area contributed by atoms with Gasteiger partial charge in [-0.15, -0.1) is 0 Å². The number of Topliss-reactive ketones (excluding diaryl/α,β-unsaturated/α-hetero) is 1. The Bertz CT molecular complexity index is 2530. The molecule has 0 spiro atoms. The number of amides is 1. The smallest absolute Gasteiger partial charge is 0.312 e. The molecule has 1 amide bonds. The van der Waals surface area contributed by atoms with Gasteiger partial charge in [-0.2, -0.15) is 0 Å². The van der Waals surface area contributed by atoms with Gasteiger partial charge in [0.2, 0.25) is 0 Å². The van der Waals surface area contributed by atoms with Crippen LogP contribution in [0.1, 0.15) is 87.2 Å². The fourth-order valence-electron chi connectivity index (χ4n) is 8.59. The third-order valence-electron chi connectivity index (χ3n) is 12.6. The second kappa shape index (κ2) is 20.2. The quantitative estimate of drug-likeness (QED) is 0.0342. The Morgan fingerprint density at radius 1 is 0.848 bits per heavy atom. The standard InChI is InChI=1S/C51H58N2O13/c1-26-17-16-18-27(2)50(61)53-40-35(25-52-66-48(33-19-12-10-13-20-33)34-21-14-11-15-22-34)44(58)37-38(45(40)59)43(57)31(6)47-39(37)49(60)51(8,65-47)63-24-23-36(62-9)28(3)46(64-32(7)54)30(5)42(56)29(4)41(26)55/h10-26,28-30,36,41-42,46,48,55-59H,1-9H3,(H,53,61)/b17-16+,24-23+,27-18-,52-25+/t26-,28+,29+,30+,36-,41-,42+,46+,51-/m0/s1. The summed E-state index contributed by atoms with van der Waals surface area (Å²) in [7, 11) is 1.43. The molecule has 0 saturated heterocycles. The largest absolute Gasteiger partial charge is 0.507 e. The molecule has 0 unspecified atom stereocenters. The van der Waals surface area contributed by atoms with Gasteiger partial charge in [0.15, 0.2) is 11.9 Å². The van der Waals surface area contributed by atoms with Gasteiger partial charge in [-0.1, -0.05) is 112 Å². The number of aliphatic hydroxyl groups excluding tert-OH is 2. The molecule has 3 heterocycles. The maximum atomic E-state index is 14.6. The summed E-state index contributed by atoms with van der Waals surface area (Å²) in [5.41, 5.74) is 0.756. The van der Waals surface area contributed by atoms with Crippen molar-refractivity contribution in [3.8, 4) is 23.0 Å². The summed E-state index contributed by atoms with van der Waals surface area (Å²) >= 11 is 0. The molecular weight excluding hydrogens is 849 g/mol. The average molecular weight is 907 g/mol. The number of phenolic OH excluding ortho intramolecular Hbond substituents is 3. The van der Waals surface area contributed by atoms with Crippen LogP contribution in [0.25, 0.3) is 10.8 Å². The lowest BCUT2D eigenvalue weighted by molar-refractivity contribution is -0.160. The Labute approximate surface area is 383 Å². The maximum Gasteiger partial charge on any atom is 0.312 e. The van der Waals surface area contributed by atoms with E-state index >= 15 is 0 Å². The van der Waals surface area contributed by atoms with E-state index in [9.17, 15) is 39.9 Å². The number of aliphatic hydroxyl groups is 2. The van der Waals surface area contributed by atoms with Crippen LogP contribution in [0.3, 0.4) is 0 Å². The number of carbonyl (C=O) groups is 3. The second-order valence-electron chi connectivity index (χ2n) is 17.2. The van der Waals surface area contributed by atoms with E-state index in [0.29, 0.717) is 0 Å². The van der Waals surface area contributed by atoms with Crippen molar-refractivity contribution in [2.24, 2.45) is 28.8 Å². The molecule has 15 heteroatoms. The highest BCUT2D eigenvalue weighted by Gasteiger charge is 2.50. The molecule has 0 aromatic heterocycles. The number of hydrogen-bond donors (Lipinski definition) is 6. The first kappa shape index (κ1) is 48.8. The zero-order valence-corrected chi connectivity index (χ0v) is 38.4. The average Bonchev–Trinajstić information content (AvgIpc) is 3.57. The molecule has 7 rings (SSSR count). The number of ketones is 1. The zero-order chi connectivity index (χ0) is 48.2. The van der Waals surface area contributed by atoms with Gasteiger partial charge < -0.3 is 54.6 Å². The number of rotatable bonds is 7. The van der Waals surface area contributed by atoms with Crippen molar-refractivity contribution >= 4 is 40.3 Å². The highest BCUT2D eigenvalue weighted by molar-refractivity contribution is 6.23. The van der Waals surface area contributed by atoms with Crippen LogP contribution in [-0.2, 0) is 28.6 Å². The fourth-order valence-corrected chi connectivity index (χ4v) is 8.59. The topological polar surface area (TPSA) is 223 Å². The van der Waals surface area contributed by atoms with Crippen LogP contribution in [0.2, 0.25) is 0 Å². The van der Waals surface area contributed by atoms with Gasteiger partial charge in [-0.05, 0) is 31.1 Å². The van der Waals surface area contributed by atoms with Crippen molar-refractivity contribution in [1.82, 2.24) is 0 Å². The zero-order valence-electron chi connectivity index (χ0n) is 38.4. The number of phenols is 3. The molecule has 3 aliphatic heterocycles. The first-order valence-electron chi connectivity index (χ1n) is 21.7. The Balaban J connectivity index is 1.53. The Hall–Kier alpha value is -6.68. The molecule has 4 aromatic carbocycles. The van der Waals surface area contributed by atoms with Gasteiger partial charge in [0.1, 0.15) is 23.4 Å². The van der Waals surface area contributed by atoms with Crippen LogP contribution in [0.15, 0.2) is 102 Å². The third kappa shape index (κ3) is 9.64. The van der Waals surface area contributed by atoms with Gasteiger partial charge >= 0.3 is 11.8 Å². The molecule has 0 fully saturated rings. The minimum atomic E-state index is -2.10. The lowest BCUT2D eigenvalue weighted by Crippen LogP contribution is -2.46. The summed E-state index contributed by atoms with van der Waals surface area (Å²) in [5.74, 6) is -8.88. The summed E-state index contributed by atoms with van der Waals surface area (Å²) in [6, 6.07) is 18.5. The van der Waals surface area contributed by atoms with Crippen LogP contribution >= 0.6 is 0 Å². The molecule has 350 valence electrons. The number of esters is 1. The van der Waals surface area contributed by atoms with Crippen LogP contribution < -0.4 is 10.1 Å². The lowest BCUT2D eigenvalue weighted by Gasteiger charge is -2.38. The van der Waals surface area contributed by atoms with Crippen LogP contribution in [-0.4, -0.2) is 86.7 Å². The molecular formula is C51H58N2O13. The van der Waals surface area contributed by atoms with Gasteiger partial charge in [0.05, 0.1) is 53.0 Å². The molecule has 3 aliphatic rings. The highest BCUT2D eigenvalue weighted by Crippen LogP contribution is 2.55. The summed E-state index contributed by atoms with van der Waals surface area (Å²) in [6.07, 6.45) is 3.74. The monoisotopic (exact) mass is 906 g/mol. The number of fused-ring (bicyclic) bond motifs is 14. The predicted octanol–water partition coefficient (Wildman–Crippen LogP) is 7.89. The van der Waals surface area contributed by atoms with Crippen molar-refractivity contribution in [3.63, 3.8) is 0 Å². The number of allylic oxidation sites excluding steroid dienone is 2. The number of hydrogen-bond acceptors (Lipinski definition) is 14. The number of methoxy groups -OCH3 is 1. The number of carbonyl (C=O) groups excluding carboxylic acids is 3. The number of nitrogens with zero attached hydrogens (tertiary/aromatic N) is 1. The first-order valence-corrected chi connectivity index (χ1v) is 21.7. The Morgan fingerprint density at radius 2 is 1.47 bits per heavy atom. The number of oxime groups is 1. The van der Waals surface area contributed by atoms with E-state index in [2.05, 4.69) is 10.5 Å². The van der Waals surface area contributed by atoms with Gasteiger partial charge in [0.25, 0.3) is 11.7 Å². The summed E-state index contributed by atoms with van der Waals surface area (Å²) in [4.78, 5) is 47.0. The molecule has 9 atom stereocenters. The van der Waals surface area contributed by atoms with Gasteiger partial charge in [-0.3, -0.25) is 14.4 Å². The molecule has 0 aliphatic carbocycles. The van der Waals surface area contributed by atoms with Crippen molar-refractivity contribution in [1.29, 1.82) is 0 Å². The highest BCUT2D eigenvalue weighted by atomic mass is 16.7. The summed E-state index contributed by atoms with van der Waals surface area (Å²) in [5, 5.41) is 65.3. The van der Waals surface area contributed by atoms with E-state index in [1.54, 1.807) is 39.8 Å². The SMILES string of the molecule is CO[C@H]1/C=C/O[C@@]2(C)Oc3c(C)c(O)c4c(O)c(c(/C=N/OC(c5ccccc5)c5ccccc5)c(O)c4c3C2=O)NC(=O)/C(C)=C\C=C\[C@H](C)[C@H](O)[C@@H](C)[C@@H](O)[C@@H](C)[C@H](OC(C)=O)[C@@H]1C. The third-order valence-corrected chi connectivity index (χ3v) is 12.6. The Morgan fingerprint density at radius 3 is 2.06 bits per heavy atom. The van der Waals surface area contributed by atoms with Crippen LogP contribution in [0.5, 0.6) is 23.0 Å². The molecule has 4 aromatic rings.